The molecular formula is C16H12N4O2S. The maximum absolute atomic E-state index is 12.0. The average molecular weight is 324 g/mol. The van der Waals surface area contributed by atoms with E-state index in [-0.39, 0.29) is 17.5 Å². The lowest BCUT2D eigenvalue weighted by Gasteiger charge is -2.08. The van der Waals surface area contributed by atoms with Crippen molar-refractivity contribution < 1.29 is 9.59 Å². The van der Waals surface area contributed by atoms with Crippen molar-refractivity contribution in [3.05, 3.63) is 70.9 Å². The Morgan fingerprint density at radius 3 is 2.39 bits per heavy atom. The number of hydrogen-bond donors (Lipinski definition) is 2. The third-order valence-corrected chi connectivity index (χ3v) is 3.79. The zero-order chi connectivity index (χ0) is 16.1. The van der Waals surface area contributed by atoms with Crippen LogP contribution in [0.2, 0.25) is 0 Å². The minimum absolute atomic E-state index is 0.183. The maximum Gasteiger partial charge on any atom is 0.275 e. The van der Waals surface area contributed by atoms with E-state index < -0.39 is 0 Å². The molecule has 2 amide bonds. The number of nitrogens with zero attached hydrogens (tertiary/aromatic N) is 2. The molecule has 0 aliphatic carbocycles. The first-order valence-corrected chi connectivity index (χ1v) is 7.62. The van der Waals surface area contributed by atoms with E-state index in [1.54, 1.807) is 30.3 Å². The largest absolute Gasteiger partial charge is 0.321 e. The summed E-state index contributed by atoms with van der Waals surface area (Å²) in [5.41, 5.74) is 1.38. The van der Waals surface area contributed by atoms with Crippen molar-refractivity contribution in [2.45, 2.75) is 0 Å². The predicted octanol–water partition coefficient (Wildman–Crippen LogP) is 3.04. The minimum atomic E-state index is -0.361. The fourth-order valence-corrected chi connectivity index (χ4v) is 2.51. The van der Waals surface area contributed by atoms with Crippen LogP contribution in [0.5, 0.6) is 0 Å². The van der Waals surface area contributed by atoms with Gasteiger partial charge in [-0.3, -0.25) is 14.6 Å². The van der Waals surface area contributed by atoms with Gasteiger partial charge in [0.15, 0.2) is 0 Å². The van der Waals surface area contributed by atoms with Crippen molar-refractivity contribution in [3.8, 4) is 0 Å². The Bertz CT molecular complexity index is 819. The van der Waals surface area contributed by atoms with Gasteiger partial charge in [-0.2, -0.15) is 0 Å². The van der Waals surface area contributed by atoms with E-state index in [1.807, 2.05) is 11.4 Å². The van der Waals surface area contributed by atoms with Crippen LogP contribution in [0.4, 0.5) is 11.4 Å². The number of nitrogens with one attached hydrogen (secondary N) is 2. The summed E-state index contributed by atoms with van der Waals surface area (Å²) in [7, 11) is 0. The maximum atomic E-state index is 12.0. The van der Waals surface area contributed by atoms with Crippen LogP contribution in [0.1, 0.15) is 20.2 Å². The third-order valence-electron chi connectivity index (χ3n) is 2.92. The number of thiophene rings is 1. The molecule has 3 aromatic rings. The van der Waals surface area contributed by atoms with Gasteiger partial charge in [-0.1, -0.05) is 12.1 Å². The molecule has 0 bridgehead atoms. The standard InChI is InChI=1S/C16H12N4O2S/c21-15(13-10-17-6-7-18-13)19-11-3-1-4-12(9-11)20-16(22)14-5-2-8-23-14/h1-10H,(H,19,21)(H,20,22). The van der Waals surface area contributed by atoms with Crippen LogP contribution in [-0.4, -0.2) is 21.8 Å². The minimum Gasteiger partial charge on any atom is -0.321 e. The number of carbonyl (C=O) groups is 2. The molecule has 0 spiro atoms. The Hall–Kier alpha value is -3.06. The van der Waals surface area contributed by atoms with Crippen LogP contribution in [-0.2, 0) is 0 Å². The molecule has 0 radical (unpaired) electrons. The van der Waals surface area contributed by atoms with Gasteiger partial charge < -0.3 is 10.6 Å². The molecule has 0 fully saturated rings. The number of anilines is 2. The Morgan fingerprint density at radius 1 is 0.957 bits per heavy atom. The van der Waals surface area contributed by atoms with E-state index in [2.05, 4.69) is 20.6 Å². The monoisotopic (exact) mass is 324 g/mol. The van der Waals surface area contributed by atoms with Crippen molar-refractivity contribution in [2.24, 2.45) is 0 Å². The third kappa shape index (κ3) is 3.78. The predicted molar refractivity (Wildman–Crippen MR) is 88.7 cm³/mol. The van der Waals surface area contributed by atoms with Crippen molar-refractivity contribution in [1.29, 1.82) is 0 Å². The topological polar surface area (TPSA) is 84.0 Å². The lowest BCUT2D eigenvalue weighted by atomic mass is 10.2. The molecule has 23 heavy (non-hydrogen) atoms. The first-order valence-electron chi connectivity index (χ1n) is 6.74. The number of carbonyl (C=O) groups excluding carboxylic acids is 2. The molecule has 6 nitrogen and oxygen atoms in total. The summed E-state index contributed by atoms with van der Waals surface area (Å²) in [5.74, 6) is -0.544. The molecule has 7 heteroatoms. The van der Waals surface area contributed by atoms with Gasteiger partial charge in [0.1, 0.15) is 5.69 Å². The zero-order valence-corrected chi connectivity index (χ0v) is 12.7. The van der Waals surface area contributed by atoms with E-state index in [1.165, 1.54) is 29.9 Å². The highest BCUT2D eigenvalue weighted by Gasteiger charge is 2.09. The van der Waals surface area contributed by atoms with E-state index in [4.69, 9.17) is 0 Å². The molecular weight excluding hydrogens is 312 g/mol. The number of rotatable bonds is 4. The van der Waals surface area contributed by atoms with Crippen LogP contribution >= 0.6 is 11.3 Å². The Labute approximate surface area is 136 Å². The quantitative estimate of drug-likeness (QED) is 0.772. The Morgan fingerprint density at radius 2 is 1.74 bits per heavy atom. The number of hydrogen-bond acceptors (Lipinski definition) is 5. The summed E-state index contributed by atoms with van der Waals surface area (Å²) in [6.45, 7) is 0. The molecule has 0 saturated carbocycles. The van der Waals surface area contributed by atoms with Gasteiger partial charge in [0.25, 0.3) is 11.8 Å². The lowest BCUT2D eigenvalue weighted by Crippen LogP contribution is -2.14. The molecule has 0 aliphatic rings. The molecule has 0 unspecified atom stereocenters. The summed E-state index contributed by atoms with van der Waals surface area (Å²) in [4.78, 5) is 32.5. The second-order valence-corrected chi connectivity index (χ2v) is 5.50. The smallest absolute Gasteiger partial charge is 0.275 e. The molecule has 0 aliphatic heterocycles. The molecule has 1 aromatic carbocycles. The highest BCUT2D eigenvalue weighted by Crippen LogP contribution is 2.18. The fraction of sp³-hybridized carbons (Fsp3) is 0. The van der Waals surface area contributed by atoms with Gasteiger partial charge in [-0.05, 0) is 29.6 Å². The molecule has 3 rings (SSSR count). The zero-order valence-electron chi connectivity index (χ0n) is 11.9. The van der Waals surface area contributed by atoms with Crippen molar-refractivity contribution in [1.82, 2.24) is 9.97 Å². The van der Waals surface area contributed by atoms with Crippen molar-refractivity contribution in [3.63, 3.8) is 0 Å². The molecule has 0 saturated heterocycles. The second-order valence-electron chi connectivity index (χ2n) is 4.56. The highest BCUT2D eigenvalue weighted by atomic mass is 32.1. The summed E-state index contributed by atoms with van der Waals surface area (Å²) in [6, 6.07) is 10.5. The summed E-state index contributed by atoms with van der Waals surface area (Å²) < 4.78 is 0. The van der Waals surface area contributed by atoms with E-state index >= 15 is 0 Å². The van der Waals surface area contributed by atoms with Crippen molar-refractivity contribution in [2.75, 3.05) is 10.6 Å². The summed E-state index contributed by atoms with van der Waals surface area (Å²) in [6.07, 6.45) is 4.34. The van der Waals surface area contributed by atoms with Crippen LogP contribution in [0, 0.1) is 0 Å². The van der Waals surface area contributed by atoms with Gasteiger partial charge in [0, 0.05) is 23.8 Å². The van der Waals surface area contributed by atoms with Gasteiger partial charge in [-0.25, -0.2) is 4.98 Å². The Kier molecular flexibility index (Phi) is 4.39. The van der Waals surface area contributed by atoms with E-state index in [9.17, 15) is 9.59 Å². The molecule has 2 heterocycles. The van der Waals surface area contributed by atoms with E-state index in [0.29, 0.717) is 16.3 Å². The number of benzene rings is 1. The van der Waals surface area contributed by atoms with Gasteiger partial charge in [-0.15, -0.1) is 11.3 Å². The molecule has 2 aromatic heterocycles. The summed E-state index contributed by atoms with van der Waals surface area (Å²) >= 11 is 1.37. The number of aromatic nitrogens is 2. The van der Waals surface area contributed by atoms with Crippen LogP contribution < -0.4 is 10.6 Å². The number of amides is 2. The molecule has 2 N–H and O–H groups in total. The first kappa shape index (κ1) is 14.9. The van der Waals surface area contributed by atoms with E-state index in [0.717, 1.165) is 0 Å². The summed E-state index contributed by atoms with van der Waals surface area (Å²) in [5, 5.41) is 7.35. The van der Waals surface area contributed by atoms with Crippen LogP contribution in [0.3, 0.4) is 0 Å². The normalized spacial score (nSPS) is 10.1. The average Bonchev–Trinajstić information content (AvgIpc) is 3.10. The van der Waals surface area contributed by atoms with Gasteiger partial charge in [0.05, 0.1) is 11.1 Å². The first-order chi connectivity index (χ1) is 11.2. The van der Waals surface area contributed by atoms with Crippen LogP contribution in [0.25, 0.3) is 0 Å². The lowest BCUT2D eigenvalue weighted by molar-refractivity contribution is 0.101. The Balaban J connectivity index is 1.70. The SMILES string of the molecule is O=C(Nc1cccc(NC(=O)c2cccs2)c1)c1cnccn1. The molecule has 0 atom stereocenters. The highest BCUT2D eigenvalue weighted by molar-refractivity contribution is 7.12. The second kappa shape index (κ2) is 6.80. The fourth-order valence-electron chi connectivity index (χ4n) is 1.89. The van der Waals surface area contributed by atoms with Crippen molar-refractivity contribution >= 4 is 34.5 Å². The molecule has 114 valence electrons. The van der Waals surface area contributed by atoms with Gasteiger partial charge in [0.2, 0.25) is 0 Å². The van der Waals surface area contributed by atoms with Gasteiger partial charge >= 0.3 is 0 Å². The van der Waals surface area contributed by atoms with Crippen LogP contribution in [0.15, 0.2) is 60.4 Å².